The van der Waals surface area contributed by atoms with Gasteiger partial charge in [0.05, 0.1) is 3.79 Å². The molecule has 0 bridgehead atoms. The van der Waals surface area contributed by atoms with Crippen LogP contribution in [0.5, 0.6) is 0 Å². The second-order valence-corrected chi connectivity index (χ2v) is 6.73. The van der Waals surface area contributed by atoms with Gasteiger partial charge in [-0.15, -0.1) is 11.3 Å². The van der Waals surface area contributed by atoms with Gasteiger partial charge in [-0.25, -0.2) is 0 Å². The minimum atomic E-state index is 0.710. The summed E-state index contributed by atoms with van der Waals surface area (Å²) in [5.74, 6) is 0.710. The van der Waals surface area contributed by atoms with Crippen molar-refractivity contribution >= 4 is 27.3 Å². The first kappa shape index (κ1) is 11.6. The molecule has 1 aliphatic heterocycles. The Morgan fingerprint density at radius 2 is 2.40 bits per heavy atom. The molecule has 0 radical (unpaired) electrons. The van der Waals surface area contributed by atoms with Gasteiger partial charge in [-0.3, -0.25) is 4.90 Å². The fourth-order valence-electron chi connectivity index (χ4n) is 2.14. The Balaban J connectivity index is 1.88. The highest BCUT2D eigenvalue weighted by Gasteiger charge is 2.18. The topological polar surface area (TPSA) is 29.3 Å². The molecule has 2 nitrogen and oxygen atoms in total. The van der Waals surface area contributed by atoms with Crippen LogP contribution in [0, 0.1) is 5.92 Å². The predicted octanol–water partition coefficient (Wildman–Crippen LogP) is 2.68. The lowest BCUT2D eigenvalue weighted by atomic mass is 9.98. The zero-order chi connectivity index (χ0) is 10.7. The molecular weight excluding hydrogens is 272 g/mol. The predicted molar refractivity (Wildman–Crippen MR) is 69.1 cm³/mol. The molecule has 0 unspecified atom stereocenters. The van der Waals surface area contributed by atoms with E-state index in [4.69, 9.17) is 5.73 Å². The van der Waals surface area contributed by atoms with Crippen LogP contribution >= 0.6 is 27.3 Å². The van der Waals surface area contributed by atoms with E-state index in [0.717, 1.165) is 13.1 Å². The first-order chi connectivity index (χ1) is 7.28. The highest BCUT2D eigenvalue weighted by molar-refractivity contribution is 9.11. The first-order valence-electron chi connectivity index (χ1n) is 5.44. The Hall–Kier alpha value is 0.1000. The van der Waals surface area contributed by atoms with Crippen LogP contribution in [-0.4, -0.2) is 24.5 Å². The molecule has 4 heteroatoms. The molecule has 2 N–H and O–H groups in total. The number of nitrogens with two attached hydrogens (primary N) is 1. The molecule has 2 rings (SSSR count). The van der Waals surface area contributed by atoms with Crippen LogP contribution in [0.4, 0.5) is 0 Å². The maximum atomic E-state index is 5.73. The maximum Gasteiger partial charge on any atom is 0.0701 e. The summed E-state index contributed by atoms with van der Waals surface area (Å²) < 4.78 is 1.23. The Labute approximate surface area is 104 Å². The SMILES string of the molecule is NC[C@@H]1CCCN(Cc2ccc(Br)s2)C1. The fraction of sp³-hybridized carbons (Fsp3) is 0.636. The summed E-state index contributed by atoms with van der Waals surface area (Å²) in [6.07, 6.45) is 2.61. The van der Waals surface area contributed by atoms with Crippen LogP contribution < -0.4 is 5.73 Å². The van der Waals surface area contributed by atoms with Crippen LogP contribution in [-0.2, 0) is 6.54 Å². The summed E-state index contributed by atoms with van der Waals surface area (Å²) >= 11 is 5.34. The molecule has 0 aliphatic carbocycles. The van der Waals surface area contributed by atoms with E-state index >= 15 is 0 Å². The van der Waals surface area contributed by atoms with E-state index in [2.05, 4.69) is 33.0 Å². The molecule has 84 valence electrons. The first-order valence-corrected chi connectivity index (χ1v) is 7.05. The van der Waals surface area contributed by atoms with Gasteiger partial charge < -0.3 is 5.73 Å². The third kappa shape index (κ3) is 3.28. The lowest BCUT2D eigenvalue weighted by molar-refractivity contribution is 0.172. The van der Waals surface area contributed by atoms with Gasteiger partial charge in [0.1, 0.15) is 0 Å². The zero-order valence-electron chi connectivity index (χ0n) is 8.79. The number of nitrogens with zero attached hydrogens (tertiary/aromatic N) is 1. The van der Waals surface area contributed by atoms with Crippen LogP contribution in [0.1, 0.15) is 17.7 Å². The van der Waals surface area contributed by atoms with Crippen molar-refractivity contribution in [2.75, 3.05) is 19.6 Å². The van der Waals surface area contributed by atoms with Crippen molar-refractivity contribution in [2.24, 2.45) is 11.7 Å². The van der Waals surface area contributed by atoms with E-state index in [9.17, 15) is 0 Å². The average molecular weight is 289 g/mol. The molecule has 1 aliphatic rings. The largest absolute Gasteiger partial charge is 0.330 e. The smallest absolute Gasteiger partial charge is 0.0701 e. The van der Waals surface area contributed by atoms with Crippen molar-refractivity contribution in [1.29, 1.82) is 0 Å². The van der Waals surface area contributed by atoms with Gasteiger partial charge in [-0.1, -0.05) is 0 Å². The summed E-state index contributed by atoms with van der Waals surface area (Å²) in [6, 6.07) is 4.34. The number of hydrogen-bond acceptors (Lipinski definition) is 3. The minimum Gasteiger partial charge on any atom is -0.330 e. The quantitative estimate of drug-likeness (QED) is 0.927. The number of likely N-dealkylation sites (tertiary alicyclic amines) is 1. The molecule has 0 spiro atoms. The summed E-state index contributed by atoms with van der Waals surface area (Å²) in [7, 11) is 0. The molecule has 0 amide bonds. The molecule has 15 heavy (non-hydrogen) atoms. The van der Waals surface area contributed by atoms with E-state index < -0.39 is 0 Å². The van der Waals surface area contributed by atoms with E-state index in [1.165, 1.54) is 34.6 Å². The Kier molecular flexibility index (Phi) is 4.20. The van der Waals surface area contributed by atoms with Gasteiger partial charge in [0, 0.05) is 18.0 Å². The third-order valence-corrected chi connectivity index (χ3v) is 4.55. The number of hydrogen-bond donors (Lipinski definition) is 1. The number of piperidine rings is 1. The van der Waals surface area contributed by atoms with Crippen LogP contribution in [0.25, 0.3) is 0 Å². The molecule has 1 saturated heterocycles. The van der Waals surface area contributed by atoms with Gasteiger partial charge in [0.15, 0.2) is 0 Å². The van der Waals surface area contributed by atoms with Crippen molar-refractivity contribution in [1.82, 2.24) is 4.90 Å². The molecule has 0 saturated carbocycles. The van der Waals surface area contributed by atoms with Crippen molar-refractivity contribution < 1.29 is 0 Å². The second-order valence-electron chi connectivity index (χ2n) is 4.18. The van der Waals surface area contributed by atoms with Gasteiger partial charge in [-0.2, -0.15) is 0 Å². The number of rotatable bonds is 3. The molecule has 1 aromatic heterocycles. The van der Waals surface area contributed by atoms with E-state index in [1.54, 1.807) is 0 Å². The van der Waals surface area contributed by atoms with Crippen molar-refractivity contribution in [2.45, 2.75) is 19.4 Å². The second kappa shape index (κ2) is 5.43. The molecular formula is C11H17BrN2S. The van der Waals surface area contributed by atoms with Gasteiger partial charge in [-0.05, 0) is 59.9 Å². The Bertz CT molecular complexity index is 313. The van der Waals surface area contributed by atoms with Gasteiger partial charge in [0.25, 0.3) is 0 Å². The monoisotopic (exact) mass is 288 g/mol. The van der Waals surface area contributed by atoms with Gasteiger partial charge >= 0.3 is 0 Å². The zero-order valence-corrected chi connectivity index (χ0v) is 11.2. The summed E-state index contributed by atoms with van der Waals surface area (Å²) in [6.45, 7) is 4.33. The number of thiophene rings is 1. The van der Waals surface area contributed by atoms with Gasteiger partial charge in [0.2, 0.25) is 0 Å². The van der Waals surface area contributed by atoms with Crippen LogP contribution in [0.2, 0.25) is 0 Å². The highest BCUT2D eigenvalue weighted by Crippen LogP contribution is 2.25. The van der Waals surface area contributed by atoms with E-state index in [0.29, 0.717) is 5.92 Å². The molecule has 0 aromatic carbocycles. The summed E-state index contributed by atoms with van der Waals surface area (Å²) in [5, 5.41) is 0. The number of halogens is 1. The van der Waals surface area contributed by atoms with E-state index in [-0.39, 0.29) is 0 Å². The van der Waals surface area contributed by atoms with Crippen molar-refractivity contribution in [3.05, 3.63) is 20.8 Å². The summed E-state index contributed by atoms with van der Waals surface area (Å²) in [4.78, 5) is 3.97. The van der Waals surface area contributed by atoms with Crippen LogP contribution in [0.3, 0.4) is 0 Å². The Morgan fingerprint density at radius 1 is 1.53 bits per heavy atom. The Morgan fingerprint density at radius 3 is 3.07 bits per heavy atom. The third-order valence-electron chi connectivity index (χ3n) is 2.94. The molecule has 1 atom stereocenters. The fourth-order valence-corrected chi connectivity index (χ4v) is 3.67. The minimum absolute atomic E-state index is 0.710. The standard InChI is InChI=1S/C11H17BrN2S/c12-11-4-3-10(15-11)8-14-5-1-2-9(6-13)7-14/h3-4,9H,1-2,5-8,13H2/t9-/m0/s1. The molecule has 1 aromatic rings. The average Bonchev–Trinajstić information content (AvgIpc) is 2.64. The molecule has 1 fully saturated rings. The van der Waals surface area contributed by atoms with Crippen molar-refractivity contribution in [3.63, 3.8) is 0 Å². The maximum absolute atomic E-state index is 5.73. The highest BCUT2D eigenvalue weighted by atomic mass is 79.9. The molecule has 2 heterocycles. The lowest BCUT2D eigenvalue weighted by Crippen LogP contribution is -2.37. The normalized spacial score (nSPS) is 23.2. The van der Waals surface area contributed by atoms with Crippen LogP contribution in [0.15, 0.2) is 15.9 Å². The van der Waals surface area contributed by atoms with Crippen molar-refractivity contribution in [3.8, 4) is 0 Å². The summed E-state index contributed by atoms with van der Waals surface area (Å²) in [5.41, 5.74) is 5.73. The lowest BCUT2D eigenvalue weighted by Gasteiger charge is -2.31. The van der Waals surface area contributed by atoms with E-state index in [1.807, 2.05) is 11.3 Å².